The molecular formula is C11H23NO2. The number of hydrogen-bond donors (Lipinski definition) is 3. The lowest BCUT2D eigenvalue weighted by Gasteiger charge is -2.51. The van der Waals surface area contributed by atoms with Gasteiger partial charge in [-0.1, -0.05) is 27.7 Å². The standard InChI is InChI=1S/C11H23NO2/c1-7(2)8(6-13)12-9-5-10(14)11(9,3)4/h7-10,12-14H,5-6H2,1-4H3/t8-,9?,10?/m1/s1. The highest BCUT2D eigenvalue weighted by atomic mass is 16.3. The summed E-state index contributed by atoms with van der Waals surface area (Å²) in [6.07, 6.45) is 0.599. The van der Waals surface area contributed by atoms with Crippen molar-refractivity contribution in [2.45, 2.75) is 52.3 Å². The van der Waals surface area contributed by atoms with Crippen molar-refractivity contribution in [2.24, 2.45) is 11.3 Å². The Morgan fingerprint density at radius 2 is 2.00 bits per heavy atom. The molecule has 0 aromatic heterocycles. The summed E-state index contributed by atoms with van der Waals surface area (Å²) in [5.41, 5.74) is -0.0533. The quantitative estimate of drug-likeness (QED) is 0.629. The summed E-state index contributed by atoms with van der Waals surface area (Å²) in [5.74, 6) is 0.425. The van der Waals surface area contributed by atoms with Gasteiger partial charge in [0, 0.05) is 17.5 Å². The lowest BCUT2D eigenvalue weighted by Crippen LogP contribution is -2.63. The minimum absolute atomic E-state index is 0.0533. The molecule has 1 saturated carbocycles. The molecule has 0 bridgehead atoms. The van der Waals surface area contributed by atoms with E-state index in [1.807, 2.05) is 0 Å². The highest BCUT2D eigenvalue weighted by molar-refractivity contribution is 5.02. The molecule has 0 heterocycles. The average Bonchev–Trinajstić information content (AvgIpc) is 2.11. The second-order valence-electron chi connectivity index (χ2n) is 5.33. The van der Waals surface area contributed by atoms with Crippen LogP contribution in [0.1, 0.15) is 34.1 Å². The van der Waals surface area contributed by atoms with Gasteiger partial charge in [0.25, 0.3) is 0 Å². The molecule has 0 amide bonds. The monoisotopic (exact) mass is 201 g/mol. The first kappa shape index (κ1) is 12.0. The van der Waals surface area contributed by atoms with Crippen LogP contribution in [-0.2, 0) is 0 Å². The summed E-state index contributed by atoms with van der Waals surface area (Å²) in [5, 5.41) is 22.2. The molecular weight excluding hydrogens is 178 g/mol. The number of rotatable bonds is 4. The molecule has 14 heavy (non-hydrogen) atoms. The van der Waals surface area contributed by atoms with Crippen LogP contribution in [0.4, 0.5) is 0 Å². The van der Waals surface area contributed by atoms with E-state index in [-0.39, 0.29) is 24.2 Å². The Bertz CT molecular complexity index is 192. The van der Waals surface area contributed by atoms with Crippen LogP contribution in [0.5, 0.6) is 0 Å². The van der Waals surface area contributed by atoms with Gasteiger partial charge in [-0.25, -0.2) is 0 Å². The van der Waals surface area contributed by atoms with Crippen LogP contribution in [0.25, 0.3) is 0 Å². The maximum Gasteiger partial charge on any atom is 0.0621 e. The van der Waals surface area contributed by atoms with Crippen molar-refractivity contribution in [1.82, 2.24) is 5.32 Å². The SMILES string of the molecule is CC(C)[C@@H](CO)NC1CC(O)C1(C)C. The Kier molecular flexibility index (Phi) is 3.56. The number of nitrogens with one attached hydrogen (secondary N) is 1. The van der Waals surface area contributed by atoms with E-state index in [1.54, 1.807) is 0 Å². The van der Waals surface area contributed by atoms with Crippen molar-refractivity contribution in [3.05, 3.63) is 0 Å². The molecule has 1 fully saturated rings. The maximum atomic E-state index is 9.57. The Labute approximate surface area is 86.5 Å². The van der Waals surface area contributed by atoms with E-state index in [2.05, 4.69) is 33.0 Å². The molecule has 1 aliphatic rings. The summed E-state index contributed by atoms with van der Waals surface area (Å²) in [6, 6.07) is 0.476. The summed E-state index contributed by atoms with van der Waals surface area (Å²) < 4.78 is 0. The van der Waals surface area contributed by atoms with Gasteiger partial charge in [0.15, 0.2) is 0 Å². The smallest absolute Gasteiger partial charge is 0.0621 e. The molecule has 2 unspecified atom stereocenters. The van der Waals surface area contributed by atoms with Crippen LogP contribution >= 0.6 is 0 Å². The fourth-order valence-corrected chi connectivity index (χ4v) is 1.90. The highest BCUT2D eigenvalue weighted by Gasteiger charge is 2.47. The maximum absolute atomic E-state index is 9.57. The van der Waals surface area contributed by atoms with Crippen molar-refractivity contribution in [3.8, 4) is 0 Å². The molecule has 3 atom stereocenters. The van der Waals surface area contributed by atoms with Crippen LogP contribution in [0, 0.1) is 11.3 Å². The minimum atomic E-state index is -0.202. The largest absolute Gasteiger partial charge is 0.395 e. The van der Waals surface area contributed by atoms with Gasteiger partial charge in [-0.3, -0.25) is 0 Å². The molecule has 84 valence electrons. The van der Waals surface area contributed by atoms with Crippen LogP contribution in [0.2, 0.25) is 0 Å². The molecule has 0 aromatic carbocycles. The first-order valence-electron chi connectivity index (χ1n) is 5.44. The predicted octanol–water partition coefficient (Wildman–Crippen LogP) is 0.752. The molecule has 0 radical (unpaired) electrons. The van der Waals surface area contributed by atoms with Crippen LogP contribution < -0.4 is 5.32 Å². The van der Waals surface area contributed by atoms with E-state index in [0.29, 0.717) is 12.0 Å². The summed E-state index contributed by atoms with van der Waals surface area (Å²) in [6.45, 7) is 8.48. The highest BCUT2D eigenvalue weighted by Crippen LogP contribution is 2.40. The molecule has 3 N–H and O–H groups in total. The van der Waals surface area contributed by atoms with E-state index >= 15 is 0 Å². The van der Waals surface area contributed by atoms with Gasteiger partial charge in [-0.05, 0) is 12.3 Å². The van der Waals surface area contributed by atoms with E-state index in [4.69, 9.17) is 0 Å². The van der Waals surface area contributed by atoms with Gasteiger partial charge in [-0.2, -0.15) is 0 Å². The number of hydrogen-bond acceptors (Lipinski definition) is 3. The summed E-state index contributed by atoms with van der Waals surface area (Å²) in [4.78, 5) is 0. The molecule has 1 rings (SSSR count). The van der Waals surface area contributed by atoms with E-state index < -0.39 is 0 Å². The number of aliphatic hydroxyl groups is 2. The third kappa shape index (κ3) is 2.10. The van der Waals surface area contributed by atoms with Crippen molar-refractivity contribution < 1.29 is 10.2 Å². The lowest BCUT2D eigenvalue weighted by atomic mass is 9.64. The second kappa shape index (κ2) is 4.17. The van der Waals surface area contributed by atoms with Gasteiger partial charge in [0.1, 0.15) is 0 Å². The van der Waals surface area contributed by atoms with Gasteiger partial charge in [-0.15, -0.1) is 0 Å². The van der Waals surface area contributed by atoms with Crippen LogP contribution in [-0.4, -0.2) is 35.0 Å². The van der Waals surface area contributed by atoms with E-state index in [9.17, 15) is 10.2 Å². The fraction of sp³-hybridized carbons (Fsp3) is 1.00. The Morgan fingerprint density at radius 3 is 2.29 bits per heavy atom. The molecule has 1 aliphatic carbocycles. The molecule has 0 aliphatic heterocycles. The molecule has 0 aromatic rings. The average molecular weight is 201 g/mol. The van der Waals surface area contributed by atoms with Crippen molar-refractivity contribution in [3.63, 3.8) is 0 Å². The first-order valence-corrected chi connectivity index (χ1v) is 5.44. The molecule has 0 spiro atoms. The van der Waals surface area contributed by atoms with E-state index in [1.165, 1.54) is 0 Å². The van der Waals surface area contributed by atoms with Gasteiger partial charge in [0.2, 0.25) is 0 Å². The molecule has 0 saturated heterocycles. The van der Waals surface area contributed by atoms with Crippen LogP contribution in [0.15, 0.2) is 0 Å². The van der Waals surface area contributed by atoms with Gasteiger partial charge >= 0.3 is 0 Å². The van der Waals surface area contributed by atoms with Gasteiger partial charge < -0.3 is 15.5 Å². The minimum Gasteiger partial charge on any atom is -0.395 e. The van der Waals surface area contributed by atoms with Crippen molar-refractivity contribution in [1.29, 1.82) is 0 Å². The van der Waals surface area contributed by atoms with Crippen molar-refractivity contribution >= 4 is 0 Å². The van der Waals surface area contributed by atoms with Gasteiger partial charge in [0.05, 0.1) is 12.7 Å². The first-order chi connectivity index (χ1) is 6.39. The van der Waals surface area contributed by atoms with Crippen LogP contribution in [0.3, 0.4) is 0 Å². The topological polar surface area (TPSA) is 52.5 Å². The summed E-state index contributed by atoms with van der Waals surface area (Å²) in [7, 11) is 0. The predicted molar refractivity (Wildman–Crippen MR) is 57.0 cm³/mol. The zero-order chi connectivity index (χ0) is 10.9. The lowest BCUT2D eigenvalue weighted by molar-refractivity contribution is -0.0793. The molecule has 3 heteroatoms. The summed E-state index contributed by atoms with van der Waals surface area (Å²) >= 11 is 0. The normalized spacial score (nSPS) is 32.8. The third-order valence-corrected chi connectivity index (χ3v) is 3.63. The molecule has 3 nitrogen and oxygen atoms in total. The fourth-order valence-electron chi connectivity index (χ4n) is 1.90. The Hall–Kier alpha value is -0.120. The van der Waals surface area contributed by atoms with Crippen molar-refractivity contribution in [2.75, 3.05) is 6.61 Å². The zero-order valence-corrected chi connectivity index (χ0v) is 9.62. The third-order valence-electron chi connectivity index (χ3n) is 3.63. The Morgan fingerprint density at radius 1 is 1.43 bits per heavy atom. The zero-order valence-electron chi connectivity index (χ0n) is 9.62. The second-order valence-corrected chi connectivity index (χ2v) is 5.33. The number of aliphatic hydroxyl groups excluding tert-OH is 2. The Balaban J connectivity index is 2.45. The van der Waals surface area contributed by atoms with E-state index in [0.717, 1.165) is 6.42 Å².